The second kappa shape index (κ2) is 5.44. The summed E-state index contributed by atoms with van der Waals surface area (Å²) in [5.41, 5.74) is 2.43. The van der Waals surface area contributed by atoms with Crippen molar-refractivity contribution in [2.24, 2.45) is 0 Å². The molecule has 20 heavy (non-hydrogen) atoms. The Morgan fingerprint density at radius 1 is 0.950 bits per heavy atom. The highest BCUT2D eigenvalue weighted by Gasteiger charge is 2.26. The van der Waals surface area contributed by atoms with Gasteiger partial charge in [0.05, 0.1) is 6.04 Å². The van der Waals surface area contributed by atoms with E-state index in [1.807, 2.05) is 0 Å². The minimum absolute atomic E-state index is 0.0619. The first-order valence-electron chi connectivity index (χ1n) is 7.81. The first-order valence-corrected chi connectivity index (χ1v) is 7.81. The summed E-state index contributed by atoms with van der Waals surface area (Å²) in [4.78, 5) is 9.74. The number of hydrogen-bond donors (Lipinski definition) is 1. The Kier molecular flexibility index (Phi) is 4.19. The van der Waals surface area contributed by atoms with Crippen LogP contribution in [0.4, 0.5) is 0 Å². The largest absolute Gasteiger partial charge is 0.307 e. The third-order valence-electron chi connectivity index (χ3n) is 3.90. The van der Waals surface area contributed by atoms with Crippen LogP contribution in [0.1, 0.15) is 84.1 Å². The molecule has 0 spiro atoms. The molecule has 1 atom stereocenters. The van der Waals surface area contributed by atoms with Crippen molar-refractivity contribution in [2.75, 3.05) is 6.54 Å². The lowest BCUT2D eigenvalue weighted by atomic mass is 9.86. The van der Waals surface area contributed by atoms with E-state index in [-0.39, 0.29) is 10.8 Å². The summed E-state index contributed by atoms with van der Waals surface area (Å²) in [5, 5.41) is 3.57. The predicted molar refractivity (Wildman–Crippen MR) is 84.0 cm³/mol. The maximum Gasteiger partial charge on any atom is 0.145 e. The van der Waals surface area contributed by atoms with Crippen molar-refractivity contribution in [1.29, 1.82) is 0 Å². The third kappa shape index (κ3) is 3.57. The van der Waals surface area contributed by atoms with Gasteiger partial charge in [0.2, 0.25) is 0 Å². The highest BCUT2D eigenvalue weighted by Crippen LogP contribution is 2.29. The molecule has 0 aliphatic carbocycles. The van der Waals surface area contributed by atoms with Gasteiger partial charge in [-0.1, -0.05) is 48.0 Å². The maximum atomic E-state index is 4.87. The average molecular weight is 275 g/mol. The molecule has 1 aromatic heterocycles. The fourth-order valence-electron chi connectivity index (χ4n) is 2.46. The van der Waals surface area contributed by atoms with Gasteiger partial charge in [0, 0.05) is 22.2 Å². The van der Waals surface area contributed by atoms with Crippen molar-refractivity contribution in [2.45, 2.75) is 77.7 Å². The second-order valence-electron chi connectivity index (χ2n) is 8.00. The van der Waals surface area contributed by atoms with Crippen LogP contribution in [-0.2, 0) is 10.8 Å². The Hall–Kier alpha value is -0.960. The summed E-state index contributed by atoms with van der Waals surface area (Å²) < 4.78 is 0. The number of nitrogens with zero attached hydrogens (tertiary/aromatic N) is 2. The Bertz CT molecular complexity index is 428. The Balaban J connectivity index is 2.45. The van der Waals surface area contributed by atoms with Gasteiger partial charge in [-0.05, 0) is 25.5 Å². The minimum Gasteiger partial charge on any atom is -0.307 e. The number of nitrogens with one attached hydrogen (secondary N) is 1. The van der Waals surface area contributed by atoms with Gasteiger partial charge in [0.25, 0.3) is 0 Å². The number of piperidine rings is 1. The van der Waals surface area contributed by atoms with E-state index in [0.29, 0.717) is 6.04 Å². The van der Waals surface area contributed by atoms with Crippen LogP contribution in [0.25, 0.3) is 0 Å². The van der Waals surface area contributed by atoms with Gasteiger partial charge < -0.3 is 5.32 Å². The van der Waals surface area contributed by atoms with Crippen LogP contribution in [0.5, 0.6) is 0 Å². The Morgan fingerprint density at radius 3 is 1.90 bits per heavy atom. The molecular weight excluding hydrogens is 246 g/mol. The van der Waals surface area contributed by atoms with Crippen molar-refractivity contribution in [3.05, 3.63) is 23.3 Å². The van der Waals surface area contributed by atoms with Gasteiger partial charge in [-0.25, -0.2) is 9.97 Å². The summed E-state index contributed by atoms with van der Waals surface area (Å²) in [5.74, 6) is 0.988. The van der Waals surface area contributed by atoms with E-state index in [9.17, 15) is 0 Å². The predicted octanol–water partition coefficient (Wildman–Crippen LogP) is 3.89. The molecule has 2 heterocycles. The topological polar surface area (TPSA) is 37.8 Å². The zero-order valence-electron chi connectivity index (χ0n) is 13.9. The van der Waals surface area contributed by atoms with Crippen molar-refractivity contribution < 1.29 is 0 Å². The minimum atomic E-state index is 0.0619. The molecule has 1 aliphatic rings. The molecule has 0 bridgehead atoms. The summed E-state index contributed by atoms with van der Waals surface area (Å²) in [7, 11) is 0. The average Bonchev–Trinajstić information content (AvgIpc) is 2.37. The zero-order chi connectivity index (χ0) is 15.0. The molecule has 2 rings (SSSR count). The quantitative estimate of drug-likeness (QED) is 0.845. The molecule has 1 saturated heterocycles. The lowest BCUT2D eigenvalue weighted by molar-refractivity contribution is 0.390. The molecule has 3 heteroatoms. The van der Waals surface area contributed by atoms with Crippen LogP contribution in [0.2, 0.25) is 0 Å². The van der Waals surface area contributed by atoms with E-state index < -0.39 is 0 Å². The molecule has 1 unspecified atom stereocenters. The van der Waals surface area contributed by atoms with Crippen molar-refractivity contribution in [3.63, 3.8) is 0 Å². The van der Waals surface area contributed by atoms with Gasteiger partial charge in [-0.15, -0.1) is 0 Å². The second-order valence-corrected chi connectivity index (χ2v) is 8.00. The van der Waals surface area contributed by atoms with Crippen LogP contribution >= 0.6 is 0 Å². The first-order chi connectivity index (χ1) is 9.18. The molecule has 0 amide bonds. The fourth-order valence-corrected chi connectivity index (χ4v) is 2.46. The van der Waals surface area contributed by atoms with Crippen LogP contribution in [0.15, 0.2) is 6.07 Å². The lowest BCUT2D eigenvalue weighted by Crippen LogP contribution is -2.30. The highest BCUT2D eigenvalue weighted by atomic mass is 15.0. The van der Waals surface area contributed by atoms with Crippen LogP contribution in [-0.4, -0.2) is 16.5 Å². The monoisotopic (exact) mass is 275 g/mol. The van der Waals surface area contributed by atoms with Crippen LogP contribution < -0.4 is 5.32 Å². The molecule has 1 fully saturated rings. The summed E-state index contributed by atoms with van der Waals surface area (Å²) in [6, 6.07) is 2.51. The molecular formula is C17H29N3. The van der Waals surface area contributed by atoms with Gasteiger partial charge >= 0.3 is 0 Å². The van der Waals surface area contributed by atoms with Crippen LogP contribution in [0.3, 0.4) is 0 Å². The standard InChI is InChI=1S/C17H29N3/c1-16(2,3)13-11-14(17(4,5)6)20-15(19-13)12-9-7-8-10-18-12/h11-12,18H,7-10H2,1-6H3. The Labute approximate surface area is 123 Å². The van der Waals surface area contributed by atoms with E-state index in [4.69, 9.17) is 9.97 Å². The maximum absolute atomic E-state index is 4.87. The van der Waals surface area contributed by atoms with Gasteiger partial charge in [0.1, 0.15) is 5.82 Å². The molecule has 3 nitrogen and oxygen atoms in total. The number of aromatic nitrogens is 2. The molecule has 112 valence electrons. The van der Waals surface area contributed by atoms with Crippen molar-refractivity contribution in [3.8, 4) is 0 Å². The van der Waals surface area contributed by atoms with E-state index in [1.165, 1.54) is 12.8 Å². The molecule has 1 aromatic rings. The summed E-state index contributed by atoms with van der Waals surface area (Å²) >= 11 is 0. The highest BCUT2D eigenvalue weighted by molar-refractivity contribution is 5.23. The van der Waals surface area contributed by atoms with Crippen molar-refractivity contribution >= 4 is 0 Å². The SMILES string of the molecule is CC(C)(C)c1cc(C(C)(C)C)nc(C2CCCCN2)n1. The summed E-state index contributed by atoms with van der Waals surface area (Å²) in [6.07, 6.45) is 3.68. The van der Waals surface area contributed by atoms with Crippen molar-refractivity contribution in [1.82, 2.24) is 15.3 Å². The van der Waals surface area contributed by atoms with E-state index >= 15 is 0 Å². The smallest absolute Gasteiger partial charge is 0.145 e. The van der Waals surface area contributed by atoms with E-state index in [0.717, 1.165) is 30.2 Å². The number of rotatable bonds is 1. The molecule has 0 radical (unpaired) electrons. The normalized spacial score (nSPS) is 21.0. The summed E-state index contributed by atoms with van der Waals surface area (Å²) in [6.45, 7) is 14.4. The van der Waals surface area contributed by atoms with Gasteiger partial charge in [-0.3, -0.25) is 0 Å². The molecule has 1 aliphatic heterocycles. The zero-order valence-corrected chi connectivity index (χ0v) is 13.9. The molecule has 0 aromatic carbocycles. The fraction of sp³-hybridized carbons (Fsp3) is 0.765. The third-order valence-corrected chi connectivity index (χ3v) is 3.90. The van der Waals surface area contributed by atoms with Gasteiger partial charge in [0.15, 0.2) is 0 Å². The van der Waals surface area contributed by atoms with Crippen LogP contribution in [0, 0.1) is 0 Å². The van der Waals surface area contributed by atoms with Gasteiger partial charge in [-0.2, -0.15) is 0 Å². The molecule has 1 N–H and O–H groups in total. The first kappa shape index (κ1) is 15.4. The Morgan fingerprint density at radius 2 is 1.50 bits per heavy atom. The van der Waals surface area contributed by atoms with E-state index in [2.05, 4.69) is 52.9 Å². The molecule has 0 saturated carbocycles. The van der Waals surface area contributed by atoms with E-state index in [1.54, 1.807) is 0 Å². The number of hydrogen-bond acceptors (Lipinski definition) is 3. The lowest BCUT2D eigenvalue weighted by Gasteiger charge is -2.28.